The van der Waals surface area contributed by atoms with Gasteiger partial charge in [-0.05, 0) is 51.0 Å². The number of benzene rings is 1. The Morgan fingerprint density at radius 2 is 1.85 bits per heavy atom. The molecule has 26 heavy (non-hydrogen) atoms. The fourth-order valence-corrected chi connectivity index (χ4v) is 4.50. The van der Waals surface area contributed by atoms with Crippen LogP contribution in [0.25, 0.3) is 0 Å². The molecule has 0 aliphatic rings. The van der Waals surface area contributed by atoms with Crippen LogP contribution in [0.15, 0.2) is 12.1 Å². The molecule has 0 fully saturated rings. The Bertz CT molecular complexity index is 760. The summed E-state index contributed by atoms with van der Waals surface area (Å²) in [7, 11) is -3.75. The molecule has 148 valence electrons. The molecule has 0 saturated carbocycles. The number of carbonyl (C=O) groups is 1. The normalized spacial score (nSPS) is 12.5. The maximum atomic E-state index is 11.9. The summed E-state index contributed by atoms with van der Waals surface area (Å²) in [4.78, 5) is 14.1. The first-order chi connectivity index (χ1) is 12.1. The van der Waals surface area contributed by atoms with Crippen LogP contribution in [0.1, 0.15) is 25.0 Å². The van der Waals surface area contributed by atoms with Gasteiger partial charge in [0.15, 0.2) is 26.0 Å². The summed E-state index contributed by atoms with van der Waals surface area (Å²) in [5.41, 5.74) is 3.54. The van der Waals surface area contributed by atoms with Crippen molar-refractivity contribution in [2.45, 2.75) is 27.7 Å². The van der Waals surface area contributed by atoms with Crippen LogP contribution in [0.3, 0.4) is 0 Å². The summed E-state index contributed by atoms with van der Waals surface area (Å²) in [5, 5.41) is 1.72. The van der Waals surface area contributed by atoms with Gasteiger partial charge >= 0.3 is 6.09 Å². The molecule has 0 radical (unpaired) electrons. The molecule has 0 saturated heterocycles. The molecule has 1 amide bonds. The van der Waals surface area contributed by atoms with E-state index in [1.54, 1.807) is 0 Å². The molecule has 0 heterocycles. The highest BCUT2D eigenvalue weighted by Gasteiger charge is 2.16. The van der Waals surface area contributed by atoms with Crippen LogP contribution in [0.5, 0.6) is 0 Å². The quantitative estimate of drug-likeness (QED) is 0.605. The predicted molar refractivity (Wildman–Crippen MR) is 104 cm³/mol. The lowest BCUT2D eigenvalue weighted by Crippen LogP contribution is -2.24. The van der Waals surface area contributed by atoms with Crippen LogP contribution in [-0.4, -0.2) is 53.8 Å². The van der Waals surface area contributed by atoms with Crippen LogP contribution in [-0.2, 0) is 25.7 Å². The standard InChI is InChI=1S/C16H26N2O6S2/c1-5-18(6-2)15-10-12(3)14(9-13(15)4)17-16(19)24-7-8-26(22,23)11-25(20)21/h9-10H,5-8,11H2,1-4H3,(H,17,19)(H,20,21). The van der Waals surface area contributed by atoms with Crippen LogP contribution in [0.2, 0.25) is 0 Å². The molecule has 0 aromatic heterocycles. The van der Waals surface area contributed by atoms with Gasteiger partial charge in [-0.2, -0.15) is 0 Å². The number of hydrogen-bond acceptors (Lipinski definition) is 6. The number of nitrogens with zero attached hydrogens (tertiary/aromatic N) is 1. The molecule has 10 heteroatoms. The molecule has 1 atom stereocenters. The topological polar surface area (TPSA) is 113 Å². The number of aryl methyl sites for hydroxylation is 2. The number of nitrogens with one attached hydrogen (secondary N) is 1. The monoisotopic (exact) mass is 406 g/mol. The summed E-state index contributed by atoms with van der Waals surface area (Å²) in [5.74, 6) is -0.508. The summed E-state index contributed by atoms with van der Waals surface area (Å²) in [6, 6.07) is 3.83. The van der Waals surface area contributed by atoms with Crippen molar-refractivity contribution in [1.82, 2.24) is 0 Å². The summed E-state index contributed by atoms with van der Waals surface area (Å²) < 4.78 is 47.0. The van der Waals surface area contributed by atoms with Crippen LogP contribution in [0, 0.1) is 13.8 Å². The minimum atomic E-state index is -3.75. The van der Waals surface area contributed by atoms with E-state index < -0.39 is 37.8 Å². The third kappa shape index (κ3) is 6.93. The Morgan fingerprint density at radius 1 is 1.23 bits per heavy atom. The van der Waals surface area contributed by atoms with Crippen LogP contribution in [0.4, 0.5) is 16.2 Å². The highest BCUT2D eigenvalue weighted by molar-refractivity contribution is 8.03. The van der Waals surface area contributed by atoms with Gasteiger partial charge in [-0.3, -0.25) is 5.32 Å². The third-order valence-electron chi connectivity index (χ3n) is 3.79. The molecule has 1 unspecified atom stereocenters. The molecule has 1 aromatic carbocycles. The van der Waals surface area contributed by atoms with Gasteiger partial charge in [-0.25, -0.2) is 17.4 Å². The Balaban J connectivity index is 2.70. The Hall–Kier alpha value is -1.65. The minimum absolute atomic E-state index is 0.388. The summed E-state index contributed by atoms with van der Waals surface area (Å²) >= 11 is -2.44. The molecule has 0 aliphatic carbocycles. The first-order valence-corrected chi connectivity index (χ1v) is 11.3. The molecule has 0 spiro atoms. The first kappa shape index (κ1) is 22.4. The van der Waals surface area contributed by atoms with E-state index in [2.05, 4.69) is 24.1 Å². The lowest BCUT2D eigenvalue weighted by atomic mass is 10.1. The van der Waals surface area contributed by atoms with Crippen molar-refractivity contribution in [2.75, 3.05) is 40.8 Å². The number of ether oxygens (including phenoxy) is 1. The van der Waals surface area contributed by atoms with Gasteiger partial charge in [-0.1, -0.05) is 0 Å². The smallest absolute Gasteiger partial charge is 0.411 e. The van der Waals surface area contributed by atoms with Crippen LogP contribution < -0.4 is 10.2 Å². The Morgan fingerprint density at radius 3 is 2.38 bits per heavy atom. The van der Waals surface area contributed by atoms with E-state index in [1.807, 2.05) is 26.0 Å². The summed E-state index contributed by atoms with van der Waals surface area (Å²) in [6.07, 6.45) is -0.775. The molecule has 2 N–H and O–H groups in total. The van der Waals surface area contributed by atoms with Crippen molar-refractivity contribution < 1.29 is 26.7 Å². The second-order valence-electron chi connectivity index (χ2n) is 5.77. The van der Waals surface area contributed by atoms with Gasteiger partial charge in [0.1, 0.15) is 6.61 Å². The van der Waals surface area contributed by atoms with Gasteiger partial charge in [0.05, 0.1) is 5.75 Å². The van der Waals surface area contributed by atoms with Gasteiger partial charge in [-0.15, -0.1) is 0 Å². The van der Waals surface area contributed by atoms with Gasteiger partial charge < -0.3 is 14.2 Å². The second kappa shape index (κ2) is 9.89. The number of carbonyl (C=O) groups excluding carboxylic acids is 1. The van der Waals surface area contributed by atoms with Gasteiger partial charge in [0.25, 0.3) is 0 Å². The largest absolute Gasteiger partial charge is 0.448 e. The number of anilines is 2. The van der Waals surface area contributed by atoms with Gasteiger partial charge in [0.2, 0.25) is 0 Å². The zero-order valence-corrected chi connectivity index (χ0v) is 17.1. The minimum Gasteiger partial charge on any atom is -0.448 e. The maximum Gasteiger partial charge on any atom is 0.411 e. The number of amides is 1. The fourth-order valence-electron chi connectivity index (χ4n) is 2.46. The van der Waals surface area contributed by atoms with Crippen molar-refractivity contribution >= 4 is 38.4 Å². The van der Waals surface area contributed by atoms with Gasteiger partial charge in [0, 0.05) is 24.5 Å². The second-order valence-corrected chi connectivity index (χ2v) is 9.26. The maximum absolute atomic E-state index is 11.9. The van der Waals surface area contributed by atoms with E-state index >= 15 is 0 Å². The SMILES string of the molecule is CCN(CC)c1cc(C)c(NC(=O)OCCS(=O)(=O)CS(=O)O)cc1C. The average molecular weight is 407 g/mol. The zero-order chi connectivity index (χ0) is 19.9. The lowest BCUT2D eigenvalue weighted by Gasteiger charge is -2.24. The van der Waals surface area contributed by atoms with E-state index in [1.165, 1.54) is 0 Å². The molecule has 1 rings (SSSR count). The van der Waals surface area contributed by atoms with Crippen molar-refractivity contribution in [1.29, 1.82) is 0 Å². The van der Waals surface area contributed by atoms with Crippen molar-refractivity contribution in [3.8, 4) is 0 Å². The number of sulfone groups is 1. The Labute approximate surface area is 157 Å². The van der Waals surface area contributed by atoms with Crippen molar-refractivity contribution in [3.63, 3.8) is 0 Å². The van der Waals surface area contributed by atoms with E-state index in [4.69, 9.17) is 9.29 Å². The first-order valence-electron chi connectivity index (χ1n) is 8.17. The Kier molecular flexibility index (Phi) is 8.51. The molecule has 0 aliphatic heterocycles. The van der Waals surface area contributed by atoms with Crippen molar-refractivity contribution in [2.24, 2.45) is 0 Å². The number of hydrogen-bond donors (Lipinski definition) is 2. The average Bonchev–Trinajstić information content (AvgIpc) is 2.51. The summed E-state index contributed by atoms with van der Waals surface area (Å²) in [6.45, 7) is 9.32. The predicted octanol–water partition coefficient (Wildman–Crippen LogP) is 2.29. The molecule has 8 nitrogen and oxygen atoms in total. The highest BCUT2D eigenvalue weighted by Crippen LogP contribution is 2.27. The molecule has 0 bridgehead atoms. The molecular weight excluding hydrogens is 380 g/mol. The zero-order valence-electron chi connectivity index (χ0n) is 15.4. The third-order valence-corrected chi connectivity index (χ3v) is 6.82. The highest BCUT2D eigenvalue weighted by atomic mass is 32.3. The van der Waals surface area contributed by atoms with E-state index in [9.17, 15) is 17.4 Å². The van der Waals surface area contributed by atoms with E-state index in [-0.39, 0.29) is 6.61 Å². The van der Waals surface area contributed by atoms with E-state index in [0.717, 1.165) is 29.9 Å². The van der Waals surface area contributed by atoms with Crippen molar-refractivity contribution in [3.05, 3.63) is 23.3 Å². The lowest BCUT2D eigenvalue weighted by molar-refractivity contribution is 0.168. The van der Waals surface area contributed by atoms with E-state index in [0.29, 0.717) is 5.69 Å². The van der Waals surface area contributed by atoms with Crippen LogP contribution >= 0.6 is 0 Å². The molecule has 1 aromatic rings. The molecular formula is C16H26N2O6S2. The fraction of sp³-hybridized carbons (Fsp3) is 0.562. The number of rotatable bonds is 9.